The lowest BCUT2D eigenvalue weighted by molar-refractivity contribution is 0.420. The molecule has 0 atom stereocenters. The molecule has 1 aliphatic rings. The Morgan fingerprint density at radius 3 is 2.71 bits per heavy atom. The number of aryl methyl sites for hydroxylation is 1. The lowest BCUT2D eigenvalue weighted by Gasteiger charge is -2.13. The summed E-state index contributed by atoms with van der Waals surface area (Å²) in [5, 5.41) is 4.07. The summed E-state index contributed by atoms with van der Waals surface area (Å²) in [5.74, 6) is 4.02. The van der Waals surface area contributed by atoms with Gasteiger partial charge in [-0.15, -0.1) is 5.54 Å². The van der Waals surface area contributed by atoms with E-state index in [1.165, 1.54) is 6.07 Å². The number of hydrogen-bond acceptors (Lipinski definition) is 5. The van der Waals surface area contributed by atoms with Crippen molar-refractivity contribution < 1.29 is 8.91 Å². The summed E-state index contributed by atoms with van der Waals surface area (Å²) >= 11 is 0. The molecule has 176 valence electrons. The minimum atomic E-state index is -1.56. The highest BCUT2D eigenvalue weighted by molar-refractivity contribution is 6.83. The van der Waals surface area contributed by atoms with Crippen molar-refractivity contribution in [2.75, 3.05) is 0 Å². The lowest BCUT2D eigenvalue weighted by atomic mass is 9.98. The van der Waals surface area contributed by atoms with Gasteiger partial charge in [0.2, 0.25) is 0 Å². The molecule has 2 aromatic heterocycles. The molecular formula is C27H26FN5OSi. The highest BCUT2D eigenvalue weighted by Gasteiger charge is 2.26. The average molecular weight is 484 g/mol. The number of aromatic nitrogens is 4. The molecule has 0 aliphatic carbocycles. The maximum atomic E-state index is 14.9. The summed E-state index contributed by atoms with van der Waals surface area (Å²) in [4.78, 5) is 14.0. The molecule has 4 aromatic rings. The van der Waals surface area contributed by atoms with E-state index in [2.05, 4.69) is 53.2 Å². The standard InChI is InChI=1S/C27H26FN5OSi/c1-5-8-24-31-27(34-32-24)26-23-16-29-25(19-9-6-7-10-21(19)28)20-15-18(13-14-35(2,3)4)11-12-22(20)33(23)17-30-26/h6-7,9-12,15,17H,5,8,16H2,1-4H3. The van der Waals surface area contributed by atoms with Crippen molar-refractivity contribution in [2.45, 2.75) is 46.0 Å². The molecule has 0 saturated carbocycles. The van der Waals surface area contributed by atoms with Crippen molar-refractivity contribution >= 4 is 13.8 Å². The third kappa shape index (κ3) is 4.60. The first-order valence-electron chi connectivity index (χ1n) is 11.7. The van der Waals surface area contributed by atoms with Crippen molar-refractivity contribution in [3.05, 3.63) is 82.8 Å². The summed E-state index contributed by atoms with van der Waals surface area (Å²) in [6, 6.07) is 12.7. The summed E-state index contributed by atoms with van der Waals surface area (Å²) in [5.41, 5.74) is 8.38. The van der Waals surface area contributed by atoms with Gasteiger partial charge in [-0.25, -0.2) is 9.37 Å². The molecule has 2 aromatic carbocycles. The predicted octanol–water partition coefficient (Wildman–Crippen LogP) is 5.59. The first kappa shape index (κ1) is 22.9. The molecule has 0 bridgehead atoms. The van der Waals surface area contributed by atoms with Crippen LogP contribution in [0.2, 0.25) is 19.6 Å². The smallest absolute Gasteiger partial charge is 0.278 e. The number of nitrogens with zero attached hydrogens (tertiary/aromatic N) is 5. The fraction of sp³-hybridized carbons (Fsp3) is 0.259. The zero-order valence-corrected chi connectivity index (χ0v) is 21.3. The molecule has 8 heteroatoms. The van der Waals surface area contributed by atoms with Crippen LogP contribution in [0.25, 0.3) is 17.3 Å². The Morgan fingerprint density at radius 2 is 1.94 bits per heavy atom. The van der Waals surface area contributed by atoms with Crippen molar-refractivity contribution in [1.82, 2.24) is 19.7 Å². The molecule has 6 nitrogen and oxygen atoms in total. The van der Waals surface area contributed by atoms with Crippen molar-refractivity contribution in [1.29, 1.82) is 0 Å². The Bertz CT molecular complexity index is 1500. The van der Waals surface area contributed by atoms with Gasteiger partial charge in [0.25, 0.3) is 5.89 Å². The number of benzene rings is 2. The Kier molecular flexibility index (Phi) is 5.95. The average Bonchev–Trinajstić information content (AvgIpc) is 3.42. The summed E-state index contributed by atoms with van der Waals surface area (Å²) in [6.45, 7) is 8.97. The van der Waals surface area contributed by atoms with Gasteiger partial charge in [0.1, 0.15) is 20.2 Å². The maximum absolute atomic E-state index is 14.9. The summed E-state index contributed by atoms with van der Waals surface area (Å²) in [6.07, 6.45) is 3.40. The van der Waals surface area contributed by atoms with E-state index in [-0.39, 0.29) is 12.4 Å². The van der Waals surface area contributed by atoms with Crippen LogP contribution in [0, 0.1) is 17.3 Å². The van der Waals surface area contributed by atoms with Crippen LogP contribution < -0.4 is 0 Å². The van der Waals surface area contributed by atoms with E-state index < -0.39 is 8.07 Å². The minimum absolute atomic E-state index is 0.287. The van der Waals surface area contributed by atoms with Crippen LogP contribution in [0.1, 0.15) is 41.6 Å². The van der Waals surface area contributed by atoms with Gasteiger partial charge in [0, 0.05) is 23.1 Å². The SMILES string of the molecule is CCCc1noc(-c2ncn3c2CN=C(c2ccccc2F)c2cc(C#C[Si](C)(C)C)ccc2-3)n1. The second-order valence-corrected chi connectivity index (χ2v) is 14.3. The highest BCUT2D eigenvalue weighted by Crippen LogP contribution is 2.31. The molecule has 5 rings (SSSR count). The van der Waals surface area contributed by atoms with E-state index in [9.17, 15) is 4.39 Å². The van der Waals surface area contributed by atoms with Crippen LogP contribution in [0.5, 0.6) is 0 Å². The molecule has 35 heavy (non-hydrogen) atoms. The quantitative estimate of drug-likeness (QED) is 0.280. The summed E-state index contributed by atoms with van der Waals surface area (Å²) < 4.78 is 22.4. The fourth-order valence-electron chi connectivity index (χ4n) is 3.98. The monoisotopic (exact) mass is 483 g/mol. The molecule has 3 heterocycles. The highest BCUT2D eigenvalue weighted by atomic mass is 28.3. The van der Waals surface area contributed by atoms with E-state index in [1.807, 2.05) is 28.8 Å². The third-order valence-electron chi connectivity index (χ3n) is 5.62. The topological polar surface area (TPSA) is 69.1 Å². The van der Waals surface area contributed by atoms with Gasteiger partial charge in [0.15, 0.2) is 11.5 Å². The zero-order chi connectivity index (χ0) is 24.6. The van der Waals surface area contributed by atoms with Gasteiger partial charge in [-0.05, 0) is 36.8 Å². The molecule has 0 amide bonds. The molecule has 0 N–H and O–H groups in total. The Hall–Kier alpha value is -3.83. The van der Waals surface area contributed by atoms with E-state index in [4.69, 9.17) is 9.52 Å². The second-order valence-electron chi connectivity index (χ2n) is 9.55. The lowest BCUT2D eigenvalue weighted by Crippen LogP contribution is -2.16. The van der Waals surface area contributed by atoms with Gasteiger partial charge >= 0.3 is 0 Å². The molecule has 0 fully saturated rings. The normalized spacial score (nSPS) is 12.8. The van der Waals surface area contributed by atoms with Crippen LogP contribution in [0.15, 0.2) is 58.3 Å². The number of fused-ring (bicyclic) bond motifs is 3. The van der Waals surface area contributed by atoms with Gasteiger partial charge < -0.3 is 4.52 Å². The molecule has 0 spiro atoms. The fourth-order valence-corrected chi connectivity index (χ4v) is 4.50. The Labute approximate surface area is 205 Å². The van der Waals surface area contributed by atoms with E-state index in [1.54, 1.807) is 18.5 Å². The van der Waals surface area contributed by atoms with Crippen LogP contribution in [-0.4, -0.2) is 33.5 Å². The number of rotatable bonds is 4. The van der Waals surface area contributed by atoms with Gasteiger partial charge in [-0.3, -0.25) is 9.56 Å². The van der Waals surface area contributed by atoms with E-state index >= 15 is 0 Å². The minimum Gasteiger partial charge on any atom is -0.332 e. The number of imidazole rings is 1. The largest absolute Gasteiger partial charge is 0.332 e. The third-order valence-corrected chi connectivity index (χ3v) is 6.49. The summed E-state index contributed by atoms with van der Waals surface area (Å²) in [7, 11) is -1.56. The van der Waals surface area contributed by atoms with Crippen LogP contribution in [0.4, 0.5) is 4.39 Å². The van der Waals surface area contributed by atoms with Gasteiger partial charge in [0.05, 0.1) is 23.6 Å². The zero-order valence-electron chi connectivity index (χ0n) is 20.3. The van der Waals surface area contributed by atoms with Gasteiger partial charge in [-0.1, -0.05) is 49.8 Å². The van der Waals surface area contributed by atoms with Crippen molar-refractivity contribution in [3.63, 3.8) is 0 Å². The molecular weight excluding hydrogens is 457 g/mol. The first-order valence-corrected chi connectivity index (χ1v) is 15.2. The number of aliphatic imine (C=N–C) groups is 1. The number of hydrogen-bond donors (Lipinski definition) is 0. The van der Waals surface area contributed by atoms with E-state index in [0.717, 1.165) is 35.3 Å². The Morgan fingerprint density at radius 1 is 1.11 bits per heavy atom. The molecule has 1 aliphatic heterocycles. The van der Waals surface area contributed by atoms with Gasteiger partial charge in [-0.2, -0.15) is 4.98 Å². The molecule has 0 radical (unpaired) electrons. The second kappa shape index (κ2) is 9.08. The van der Waals surface area contributed by atoms with E-state index in [0.29, 0.717) is 28.7 Å². The van der Waals surface area contributed by atoms with Crippen LogP contribution in [0.3, 0.4) is 0 Å². The molecule has 0 unspecified atom stereocenters. The van der Waals surface area contributed by atoms with Crippen molar-refractivity contribution in [2.24, 2.45) is 4.99 Å². The van der Waals surface area contributed by atoms with Crippen molar-refractivity contribution in [3.8, 4) is 28.7 Å². The Balaban J connectivity index is 1.69. The molecule has 0 saturated heterocycles. The maximum Gasteiger partial charge on any atom is 0.278 e. The number of halogens is 1. The first-order chi connectivity index (χ1) is 16.8. The van der Waals surface area contributed by atoms with Crippen LogP contribution >= 0.6 is 0 Å². The predicted molar refractivity (Wildman–Crippen MR) is 137 cm³/mol. The van der Waals surface area contributed by atoms with Crippen LogP contribution in [-0.2, 0) is 13.0 Å².